The number of anilines is 1. The summed E-state index contributed by atoms with van der Waals surface area (Å²) in [6.45, 7) is 1.93. The molecule has 24 heavy (non-hydrogen) atoms. The SMILES string of the molecule is Cc1cc(I)ccc1NCN1C(=O)c2ccc([N+](=O)[O-])cc2C1=O. The highest BCUT2D eigenvalue weighted by molar-refractivity contribution is 14.1. The second-order valence-electron chi connectivity index (χ2n) is 5.32. The molecule has 122 valence electrons. The van der Waals surface area contributed by atoms with Crippen molar-refractivity contribution >= 4 is 45.8 Å². The zero-order chi connectivity index (χ0) is 17.4. The average molecular weight is 437 g/mol. The van der Waals surface area contributed by atoms with E-state index in [1.165, 1.54) is 12.1 Å². The number of nitrogens with zero attached hydrogens (tertiary/aromatic N) is 2. The third-order valence-corrected chi connectivity index (χ3v) is 4.45. The minimum absolute atomic E-state index is 0.00156. The van der Waals surface area contributed by atoms with Crippen LogP contribution >= 0.6 is 22.6 Å². The van der Waals surface area contributed by atoms with Crippen LogP contribution in [-0.2, 0) is 0 Å². The van der Waals surface area contributed by atoms with Gasteiger partial charge in [-0.25, -0.2) is 0 Å². The van der Waals surface area contributed by atoms with Crippen LogP contribution in [-0.4, -0.2) is 28.3 Å². The van der Waals surface area contributed by atoms with E-state index in [0.717, 1.165) is 25.8 Å². The Hall–Kier alpha value is -2.49. The number of imide groups is 1. The Morgan fingerprint density at radius 3 is 2.50 bits per heavy atom. The number of carbonyl (C=O) groups excluding carboxylic acids is 2. The normalized spacial score (nSPS) is 13.2. The second kappa shape index (κ2) is 6.19. The van der Waals surface area contributed by atoms with Gasteiger partial charge in [0.15, 0.2) is 0 Å². The molecule has 0 atom stereocenters. The maximum Gasteiger partial charge on any atom is 0.270 e. The van der Waals surface area contributed by atoms with Crippen molar-refractivity contribution in [2.24, 2.45) is 0 Å². The van der Waals surface area contributed by atoms with Crippen molar-refractivity contribution in [3.05, 3.63) is 66.8 Å². The van der Waals surface area contributed by atoms with E-state index in [-0.39, 0.29) is 23.5 Å². The summed E-state index contributed by atoms with van der Waals surface area (Å²) >= 11 is 2.20. The summed E-state index contributed by atoms with van der Waals surface area (Å²) in [5, 5.41) is 13.9. The first-order chi connectivity index (χ1) is 11.4. The van der Waals surface area contributed by atoms with E-state index in [4.69, 9.17) is 0 Å². The number of fused-ring (bicyclic) bond motifs is 1. The van der Waals surface area contributed by atoms with Gasteiger partial charge in [-0.15, -0.1) is 0 Å². The van der Waals surface area contributed by atoms with Gasteiger partial charge in [-0.2, -0.15) is 0 Å². The van der Waals surface area contributed by atoms with Crippen LogP contribution in [0, 0.1) is 20.6 Å². The van der Waals surface area contributed by atoms with E-state index in [9.17, 15) is 19.7 Å². The number of amides is 2. The molecule has 1 aliphatic heterocycles. The number of halogens is 1. The summed E-state index contributed by atoms with van der Waals surface area (Å²) in [6.07, 6.45) is 0. The van der Waals surface area contributed by atoms with Gasteiger partial charge < -0.3 is 5.32 Å². The zero-order valence-electron chi connectivity index (χ0n) is 12.6. The van der Waals surface area contributed by atoms with Crippen LogP contribution in [0.1, 0.15) is 26.3 Å². The summed E-state index contributed by atoms with van der Waals surface area (Å²) in [6, 6.07) is 9.47. The maximum atomic E-state index is 12.4. The predicted molar refractivity (Wildman–Crippen MR) is 96.0 cm³/mol. The monoisotopic (exact) mass is 437 g/mol. The summed E-state index contributed by atoms with van der Waals surface area (Å²) < 4.78 is 1.09. The number of carbonyl (C=O) groups is 2. The Balaban J connectivity index is 1.82. The lowest BCUT2D eigenvalue weighted by molar-refractivity contribution is -0.384. The summed E-state index contributed by atoms with van der Waals surface area (Å²) in [5.74, 6) is -0.991. The molecule has 2 aromatic carbocycles. The quantitative estimate of drug-likeness (QED) is 0.344. The standard InChI is InChI=1S/C16H12IN3O4/c1-9-6-10(17)2-5-14(9)18-8-19-15(21)12-4-3-11(20(23)24)7-13(12)16(19)22/h2-7,18H,8H2,1H3. The third-order valence-electron chi connectivity index (χ3n) is 3.78. The summed E-state index contributed by atoms with van der Waals surface area (Å²) in [4.78, 5) is 36.0. The van der Waals surface area contributed by atoms with Crippen LogP contribution in [0.15, 0.2) is 36.4 Å². The van der Waals surface area contributed by atoms with Gasteiger partial charge >= 0.3 is 0 Å². The molecule has 0 bridgehead atoms. The molecule has 0 aromatic heterocycles. The molecule has 1 heterocycles. The van der Waals surface area contributed by atoms with Gasteiger partial charge in [0, 0.05) is 21.4 Å². The number of nitro groups is 1. The van der Waals surface area contributed by atoms with E-state index in [2.05, 4.69) is 27.9 Å². The number of rotatable bonds is 4. The highest BCUT2D eigenvalue weighted by Gasteiger charge is 2.36. The molecule has 0 radical (unpaired) electrons. The van der Waals surface area contributed by atoms with Crippen LogP contribution in [0.4, 0.5) is 11.4 Å². The number of nitro benzene ring substituents is 1. The second-order valence-corrected chi connectivity index (χ2v) is 6.57. The fourth-order valence-corrected chi connectivity index (χ4v) is 3.17. The number of aryl methyl sites for hydroxylation is 1. The van der Waals surface area contributed by atoms with Crippen molar-refractivity contribution in [2.45, 2.75) is 6.92 Å². The molecule has 0 saturated carbocycles. The minimum atomic E-state index is -0.589. The highest BCUT2D eigenvalue weighted by atomic mass is 127. The van der Waals surface area contributed by atoms with Gasteiger partial charge in [0.2, 0.25) is 0 Å². The molecule has 8 heteroatoms. The molecule has 0 spiro atoms. The van der Waals surface area contributed by atoms with Crippen molar-refractivity contribution in [1.82, 2.24) is 4.90 Å². The Bertz CT molecular complexity index is 882. The lowest BCUT2D eigenvalue weighted by Crippen LogP contribution is -2.34. The molecule has 1 N–H and O–H groups in total. The van der Waals surface area contributed by atoms with Gasteiger partial charge in [0.1, 0.15) is 0 Å². The van der Waals surface area contributed by atoms with E-state index in [1.54, 1.807) is 0 Å². The Morgan fingerprint density at radius 2 is 1.83 bits per heavy atom. The highest BCUT2D eigenvalue weighted by Crippen LogP contribution is 2.27. The fourth-order valence-electron chi connectivity index (χ4n) is 2.53. The molecule has 3 rings (SSSR count). The van der Waals surface area contributed by atoms with E-state index in [0.29, 0.717) is 0 Å². The number of hydrogen-bond acceptors (Lipinski definition) is 5. The molecule has 1 aliphatic rings. The molecule has 0 saturated heterocycles. The van der Waals surface area contributed by atoms with Gasteiger partial charge in [-0.1, -0.05) is 0 Å². The van der Waals surface area contributed by atoms with E-state index in [1.807, 2.05) is 25.1 Å². The number of hydrogen-bond donors (Lipinski definition) is 1. The molecule has 0 fully saturated rings. The summed E-state index contributed by atoms with van der Waals surface area (Å²) in [5.41, 5.74) is 1.85. The van der Waals surface area contributed by atoms with Crippen LogP contribution in [0.5, 0.6) is 0 Å². The van der Waals surface area contributed by atoms with Crippen LogP contribution in [0.25, 0.3) is 0 Å². The molecule has 0 aliphatic carbocycles. The van der Waals surface area contributed by atoms with Crippen LogP contribution in [0.2, 0.25) is 0 Å². The minimum Gasteiger partial charge on any atom is -0.367 e. The van der Waals surface area contributed by atoms with Crippen LogP contribution in [0.3, 0.4) is 0 Å². The van der Waals surface area contributed by atoms with Gasteiger partial charge in [0.05, 0.1) is 22.7 Å². The Kier molecular flexibility index (Phi) is 4.22. The van der Waals surface area contributed by atoms with Crippen molar-refractivity contribution < 1.29 is 14.5 Å². The van der Waals surface area contributed by atoms with Crippen molar-refractivity contribution in [2.75, 3.05) is 12.0 Å². The lowest BCUT2D eigenvalue weighted by Gasteiger charge is -2.17. The van der Waals surface area contributed by atoms with Gasteiger partial charge in [-0.3, -0.25) is 24.6 Å². The van der Waals surface area contributed by atoms with E-state index >= 15 is 0 Å². The fraction of sp³-hybridized carbons (Fsp3) is 0.125. The molecule has 0 unspecified atom stereocenters. The Morgan fingerprint density at radius 1 is 1.12 bits per heavy atom. The van der Waals surface area contributed by atoms with Gasteiger partial charge in [-0.05, 0) is 59.3 Å². The smallest absolute Gasteiger partial charge is 0.270 e. The maximum absolute atomic E-state index is 12.4. The van der Waals surface area contributed by atoms with Crippen molar-refractivity contribution in [3.63, 3.8) is 0 Å². The number of benzene rings is 2. The first-order valence-electron chi connectivity index (χ1n) is 7.03. The predicted octanol–water partition coefficient (Wildman–Crippen LogP) is 3.17. The topological polar surface area (TPSA) is 92.6 Å². The number of non-ortho nitro benzene ring substituents is 1. The number of nitrogens with one attached hydrogen (secondary N) is 1. The lowest BCUT2D eigenvalue weighted by atomic mass is 10.1. The van der Waals surface area contributed by atoms with Gasteiger partial charge in [0.25, 0.3) is 17.5 Å². The van der Waals surface area contributed by atoms with Crippen molar-refractivity contribution in [3.8, 4) is 0 Å². The van der Waals surface area contributed by atoms with E-state index < -0.39 is 16.7 Å². The van der Waals surface area contributed by atoms with Crippen LogP contribution < -0.4 is 5.32 Å². The molecular formula is C16H12IN3O4. The summed E-state index contributed by atoms with van der Waals surface area (Å²) in [7, 11) is 0. The molecule has 2 amide bonds. The van der Waals surface area contributed by atoms with Crippen molar-refractivity contribution in [1.29, 1.82) is 0 Å². The first-order valence-corrected chi connectivity index (χ1v) is 8.11. The molecule has 2 aromatic rings. The average Bonchev–Trinajstić information content (AvgIpc) is 2.78. The first kappa shape index (κ1) is 16.4. The molecular weight excluding hydrogens is 425 g/mol. The molecule has 7 nitrogen and oxygen atoms in total. The largest absolute Gasteiger partial charge is 0.367 e. The zero-order valence-corrected chi connectivity index (χ0v) is 14.7. The third kappa shape index (κ3) is 2.84. The Labute approximate surface area is 150 Å².